The summed E-state index contributed by atoms with van der Waals surface area (Å²) in [4.78, 5) is 14.0. The van der Waals surface area contributed by atoms with Crippen molar-refractivity contribution in [3.8, 4) is 6.07 Å². The summed E-state index contributed by atoms with van der Waals surface area (Å²) in [5.74, 6) is 0.436. The van der Waals surface area contributed by atoms with Crippen LogP contribution < -0.4 is 5.73 Å². The molecule has 1 aliphatic rings. The van der Waals surface area contributed by atoms with Gasteiger partial charge in [0, 0.05) is 19.0 Å². The molecular formula is C19H35N3O. The van der Waals surface area contributed by atoms with Crippen LogP contribution in [0.4, 0.5) is 0 Å². The number of unbranched alkanes of at least 4 members (excludes halogenated alkanes) is 6. The molecule has 23 heavy (non-hydrogen) atoms. The van der Waals surface area contributed by atoms with Crippen molar-refractivity contribution in [3.63, 3.8) is 0 Å². The summed E-state index contributed by atoms with van der Waals surface area (Å²) in [5.41, 5.74) is 6.22. The minimum Gasteiger partial charge on any atom is -0.327 e. The molecule has 0 aromatic carbocycles. The van der Waals surface area contributed by atoms with Crippen LogP contribution >= 0.6 is 0 Å². The molecule has 0 unspecified atom stereocenters. The molecule has 0 aromatic heterocycles. The summed E-state index contributed by atoms with van der Waals surface area (Å²) in [5, 5.41) is 9.07. The van der Waals surface area contributed by atoms with E-state index in [2.05, 4.69) is 19.9 Å². The number of hydrogen-bond donors (Lipinski definition) is 1. The third-order valence-electron chi connectivity index (χ3n) is 5.13. The highest BCUT2D eigenvalue weighted by molar-refractivity contribution is 5.77. The molecule has 0 aliphatic carbocycles. The second-order valence-electron chi connectivity index (χ2n) is 7.13. The first-order valence-electron chi connectivity index (χ1n) is 9.54. The Bertz CT molecular complexity index is 377. The zero-order valence-electron chi connectivity index (χ0n) is 15.1. The fourth-order valence-electron chi connectivity index (χ4n) is 3.36. The van der Waals surface area contributed by atoms with E-state index in [0.717, 1.165) is 25.8 Å². The smallest absolute Gasteiger partial charge is 0.225 e. The van der Waals surface area contributed by atoms with Crippen molar-refractivity contribution in [3.05, 3.63) is 0 Å². The second kappa shape index (κ2) is 11.5. The van der Waals surface area contributed by atoms with Crippen LogP contribution in [0.25, 0.3) is 0 Å². The highest BCUT2D eigenvalue weighted by Gasteiger charge is 2.29. The number of hydrogen-bond acceptors (Lipinski definition) is 3. The Morgan fingerprint density at radius 2 is 1.91 bits per heavy atom. The van der Waals surface area contributed by atoms with Gasteiger partial charge in [-0.05, 0) is 25.2 Å². The number of carbonyl (C=O) groups is 1. The van der Waals surface area contributed by atoms with Gasteiger partial charge in [-0.25, -0.2) is 0 Å². The van der Waals surface area contributed by atoms with Crippen LogP contribution in [0, 0.1) is 17.2 Å². The zero-order chi connectivity index (χ0) is 17.1. The SMILES string of the molecule is CCCCCCCCC[C@H](C)[C@@H](N)CC(=O)N1CCC[C@H]1C#N. The zero-order valence-corrected chi connectivity index (χ0v) is 15.1. The number of nitrogens with two attached hydrogens (primary N) is 1. The van der Waals surface area contributed by atoms with E-state index in [1.165, 1.54) is 44.9 Å². The van der Waals surface area contributed by atoms with Crippen molar-refractivity contribution in [2.45, 2.75) is 96.6 Å². The maximum atomic E-state index is 12.3. The summed E-state index contributed by atoms with van der Waals surface area (Å²) in [6, 6.07) is 1.91. The fourth-order valence-corrected chi connectivity index (χ4v) is 3.36. The van der Waals surface area contributed by atoms with Crippen molar-refractivity contribution in [1.82, 2.24) is 4.90 Å². The molecule has 1 aliphatic heterocycles. The molecular weight excluding hydrogens is 286 g/mol. The van der Waals surface area contributed by atoms with E-state index < -0.39 is 0 Å². The monoisotopic (exact) mass is 321 g/mol. The summed E-state index contributed by atoms with van der Waals surface area (Å²) in [6.07, 6.45) is 12.4. The number of rotatable bonds is 11. The lowest BCUT2D eigenvalue weighted by molar-refractivity contribution is -0.131. The van der Waals surface area contributed by atoms with Gasteiger partial charge in [-0.2, -0.15) is 5.26 Å². The standard InChI is InChI=1S/C19H35N3O/c1-3-4-5-6-7-8-9-11-16(2)18(21)14-19(23)22-13-10-12-17(22)15-20/h16-18H,3-14,21H2,1-2H3/t16-,17-,18-/m0/s1. The summed E-state index contributed by atoms with van der Waals surface area (Å²) in [7, 11) is 0. The number of nitrogens with zero attached hydrogens (tertiary/aromatic N) is 2. The minimum absolute atomic E-state index is 0.0629. The van der Waals surface area contributed by atoms with Gasteiger partial charge in [0.2, 0.25) is 5.91 Å². The van der Waals surface area contributed by atoms with E-state index in [0.29, 0.717) is 12.3 Å². The Labute approximate surface area is 142 Å². The predicted octanol–water partition coefficient (Wildman–Crippen LogP) is 4.00. The molecule has 0 aromatic rings. The third-order valence-corrected chi connectivity index (χ3v) is 5.13. The van der Waals surface area contributed by atoms with Crippen molar-refractivity contribution in [2.24, 2.45) is 11.7 Å². The summed E-state index contributed by atoms with van der Waals surface area (Å²) in [6.45, 7) is 5.11. The fraction of sp³-hybridized carbons (Fsp3) is 0.895. The van der Waals surface area contributed by atoms with Gasteiger partial charge >= 0.3 is 0 Å². The van der Waals surface area contributed by atoms with E-state index in [1.54, 1.807) is 4.90 Å². The number of likely N-dealkylation sites (tertiary alicyclic amines) is 1. The normalized spacial score (nSPS) is 20.3. The van der Waals surface area contributed by atoms with Crippen molar-refractivity contribution in [2.75, 3.05) is 6.54 Å². The van der Waals surface area contributed by atoms with Gasteiger partial charge in [-0.1, -0.05) is 58.8 Å². The maximum Gasteiger partial charge on any atom is 0.225 e. The lowest BCUT2D eigenvalue weighted by Gasteiger charge is -2.24. The van der Waals surface area contributed by atoms with E-state index in [-0.39, 0.29) is 18.0 Å². The largest absolute Gasteiger partial charge is 0.327 e. The molecule has 1 amide bonds. The van der Waals surface area contributed by atoms with Gasteiger partial charge in [0.1, 0.15) is 6.04 Å². The Balaban J connectivity index is 2.17. The van der Waals surface area contributed by atoms with Crippen molar-refractivity contribution < 1.29 is 4.79 Å². The first kappa shape index (κ1) is 20.0. The molecule has 132 valence electrons. The quantitative estimate of drug-likeness (QED) is 0.585. The summed E-state index contributed by atoms with van der Waals surface area (Å²) >= 11 is 0. The van der Waals surface area contributed by atoms with E-state index in [1.807, 2.05) is 0 Å². The third kappa shape index (κ3) is 7.35. The molecule has 4 heteroatoms. The summed E-state index contributed by atoms with van der Waals surface area (Å²) < 4.78 is 0. The second-order valence-corrected chi connectivity index (χ2v) is 7.13. The maximum absolute atomic E-state index is 12.3. The van der Waals surface area contributed by atoms with E-state index in [9.17, 15) is 4.79 Å². The number of amides is 1. The van der Waals surface area contributed by atoms with Gasteiger partial charge in [0.25, 0.3) is 0 Å². The molecule has 0 saturated carbocycles. The van der Waals surface area contributed by atoms with Crippen molar-refractivity contribution >= 4 is 5.91 Å². The Morgan fingerprint density at radius 3 is 2.57 bits per heavy atom. The average molecular weight is 322 g/mol. The lowest BCUT2D eigenvalue weighted by atomic mass is 9.93. The topological polar surface area (TPSA) is 70.1 Å². The van der Waals surface area contributed by atoms with Gasteiger partial charge in [0.15, 0.2) is 0 Å². The van der Waals surface area contributed by atoms with Crippen LogP contribution in [-0.2, 0) is 4.79 Å². The highest BCUT2D eigenvalue weighted by atomic mass is 16.2. The Hall–Kier alpha value is -1.08. The predicted molar refractivity (Wildman–Crippen MR) is 94.7 cm³/mol. The molecule has 1 saturated heterocycles. The molecule has 0 spiro atoms. The van der Waals surface area contributed by atoms with Gasteiger partial charge in [-0.15, -0.1) is 0 Å². The number of nitriles is 1. The van der Waals surface area contributed by atoms with Crippen LogP contribution in [0.1, 0.15) is 84.5 Å². The first-order valence-corrected chi connectivity index (χ1v) is 9.54. The molecule has 0 bridgehead atoms. The van der Waals surface area contributed by atoms with Gasteiger partial charge in [0.05, 0.1) is 6.07 Å². The molecule has 1 heterocycles. The lowest BCUT2D eigenvalue weighted by Crippen LogP contribution is -2.40. The van der Waals surface area contributed by atoms with Crippen LogP contribution in [0.2, 0.25) is 0 Å². The van der Waals surface area contributed by atoms with Gasteiger partial charge in [-0.3, -0.25) is 4.79 Å². The molecule has 3 atom stereocenters. The first-order chi connectivity index (χ1) is 11.1. The minimum atomic E-state index is -0.229. The molecule has 4 nitrogen and oxygen atoms in total. The Kier molecular flexibility index (Phi) is 9.94. The van der Waals surface area contributed by atoms with Crippen LogP contribution in [0.3, 0.4) is 0 Å². The van der Waals surface area contributed by atoms with Crippen molar-refractivity contribution in [1.29, 1.82) is 5.26 Å². The van der Waals surface area contributed by atoms with Crippen LogP contribution in [-0.4, -0.2) is 29.4 Å². The van der Waals surface area contributed by atoms with Crippen LogP contribution in [0.5, 0.6) is 0 Å². The van der Waals surface area contributed by atoms with Crippen LogP contribution in [0.15, 0.2) is 0 Å². The molecule has 2 N–H and O–H groups in total. The highest BCUT2D eigenvalue weighted by Crippen LogP contribution is 2.20. The van der Waals surface area contributed by atoms with E-state index in [4.69, 9.17) is 11.0 Å². The molecule has 1 rings (SSSR count). The molecule has 0 radical (unpaired) electrons. The van der Waals surface area contributed by atoms with Gasteiger partial charge < -0.3 is 10.6 Å². The molecule has 1 fully saturated rings. The van der Waals surface area contributed by atoms with E-state index >= 15 is 0 Å². The number of carbonyl (C=O) groups excluding carboxylic acids is 1. The Morgan fingerprint density at radius 1 is 1.26 bits per heavy atom. The average Bonchev–Trinajstić information content (AvgIpc) is 3.02.